The van der Waals surface area contributed by atoms with Gasteiger partial charge in [0.25, 0.3) is 5.91 Å². The van der Waals surface area contributed by atoms with Crippen molar-refractivity contribution in [2.75, 3.05) is 7.11 Å². The predicted octanol–water partition coefficient (Wildman–Crippen LogP) is 2.22. The second-order valence-electron chi connectivity index (χ2n) is 5.88. The lowest BCUT2D eigenvalue weighted by Crippen LogP contribution is -2.43. The molecule has 0 unspecified atom stereocenters. The quantitative estimate of drug-likeness (QED) is 0.870. The predicted molar refractivity (Wildman–Crippen MR) is 91.8 cm³/mol. The molecule has 6 heteroatoms. The highest BCUT2D eigenvalue weighted by Gasteiger charge is 2.48. The third-order valence-electron chi connectivity index (χ3n) is 4.13. The van der Waals surface area contributed by atoms with Gasteiger partial charge in [0.05, 0.1) is 13.5 Å². The van der Waals surface area contributed by atoms with Gasteiger partial charge in [0.1, 0.15) is 0 Å². The molecule has 0 saturated carbocycles. The van der Waals surface area contributed by atoms with Gasteiger partial charge in [-0.25, -0.2) is 4.79 Å². The van der Waals surface area contributed by atoms with Crippen LogP contribution in [0.3, 0.4) is 0 Å². The highest BCUT2D eigenvalue weighted by molar-refractivity contribution is 6.37. The minimum absolute atomic E-state index is 0.00476. The number of benzene rings is 2. The fraction of sp³-hybridized carbons (Fsp3) is 0.211. The minimum Gasteiger partial charge on any atom is -0.464 e. The Morgan fingerprint density at radius 2 is 1.76 bits per heavy atom. The summed E-state index contributed by atoms with van der Waals surface area (Å²) in [7, 11) is 1.23. The second kappa shape index (κ2) is 6.49. The number of carbonyl (C=O) groups excluding carboxylic acids is 2. The van der Waals surface area contributed by atoms with E-state index in [4.69, 9.17) is 4.74 Å². The van der Waals surface area contributed by atoms with Crippen LogP contribution < -0.4 is 0 Å². The average molecular weight is 338 g/mol. The zero-order chi connectivity index (χ0) is 18.0. The second-order valence-corrected chi connectivity index (χ2v) is 5.88. The Kier molecular flexibility index (Phi) is 4.37. The van der Waals surface area contributed by atoms with Crippen molar-refractivity contribution in [2.45, 2.75) is 19.1 Å². The lowest BCUT2D eigenvalue weighted by molar-refractivity contribution is -0.133. The lowest BCUT2D eigenvalue weighted by atomic mass is 9.96. The van der Waals surface area contributed by atoms with Gasteiger partial charge in [-0.05, 0) is 19.1 Å². The molecule has 1 heterocycles. The largest absolute Gasteiger partial charge is 0.464 e. The van der Waals surface area contributed by atoms with E-state index >= 15 is 0 Å². The van der Waals surface area contributed by atoms with Gasteiger partial charge in [-0.15, -0.1) is 0 Å². The van der Waals surface area contributed by atoms with Crippen molar-refractivity contribution >= 4 is 17.6 Å². The topological polar surface area (TPSA) is 79.2 Å². The molecule has 1 atom stereocenters. The van der Waals surface area contributed by atoms with Gasteiger partial charge in [0.15, 0.2) is 11.4 Å². The number of hydrazone groups is 1. The van der Waals surface area contributed by atoms with Gasteiger partial charge in [-0.1, -0.05) is 48.0 Å². The molecule has 128 valence electrons. The summed E-state index contributed by atoms with van der Waals surface area (Å²) in [5.41, 5.74) is 0.104. The molecule has 0 bridgehead atoms. The normalized spacial score (nSPS) is 19.5. The summed E-state index contributed by atoms with van der Waals surface area (Å²) in [5, 5.41) is 16.3. The number of amides is 1. The summed E-state index contributed by atoms with van der Waals surface area (Å²) in [5.74, 6) is -1.17. The lowest BCUT2D eigenvalue weighted by Gasteiger charge is -2.31. The molecule has 2 aromatic rings. The molecule has 0 aliphatic carbocycles. The van der Waals surface area contributed by atoms with Crippen LogP contribution in [0.15, 0.2) is 59.7 Å². The molecule has 6 nitrogen and oxygen atoms in total. The zero-order valence-electron chi connectivity index (χ0n) is 14.0. The van der Waals surface area contributed by atoms with Crippen molar-refractivity contribution in [3.63, 3.8) is 0 Å². The molecule has 0 fully saturated rings. The van der Waals surface area contributed by atoms with E-state index in [-0.39, 0.29) is 12.1 Å². The van der Waals surface area contributed by atoms with Crippen LogP contribution in [0, 0.1) is 6.92 Å². The molecule has 0 radical (unpaired) electrons. The summed E-state index contributed by atoms with van der Waals surface area (Å²) in [6.45, 7) is 1.92. The molecule has 25 heavy (non-hydrogen) atoms. The van der Waals surface area contributed by atoms with Crippen molar-refractivity contribution in [2.24, 2.45) is 5.10 Å². The van der Waals surface area contributed by atoms with Gasteiger partial charge in [-0.3, -0.25) is 4.79 Å². The number of nitrogens with zero attached hydrogens (tertiary/aromatic N) is 2. The van der Waals surface area contributed by atoms with Crippen molar-refractivity contribution < 1.29 is 19.4 Å². The van der Waals surface area contributed by atoms with E-state index in [1.807, 2.05) is 19.1 Å². The van der Waals surface area contributed by atoms with Gasteiger partial charge >= 0.3 is 5.97 Å². The van der Waals surface area contributed by atoms with Crippen molar-refractivity contribution in [1.29, 1.82) is 0 Å². The maximum atomic E-state index is 12.9. The van der Waals surface area contributed by atoms with Crippen LogP contribution >= 0.6 is 0 Å². The Morgan fingerprint density at radius 3 is 2.36 bits per heavy atom. The fourth-order valence-corrected chi connectivity index (χ4v) is 2.74. The summed E-state index contributed by atoms with van der Waals surface area (Å²) in [6, 6.07) is 15.6. The van der Waals surface area contributed by atoms with E-state index in [1.54, 1.807) is 42.5 Å². The first-order valence-electron chi connectivity index (χ1n) is 7.80. The molecule has 0 aromatic heterocycles. The fourth-order valence-electron chi connectivity index (χ4n) is 2.74. The number of aliphatic hydroxyl groups is 1. The first-order valence-corrected chi connectivity index (χ1v) is 7.80. The number of methoxy groups -OCH3 is 1. The molecule has 2 aromatic carbocycles. The summed E-state index contributed by atoms with van der Waals surface area (Å²) >= 11 is 0. The van der Waals surface area contributed by atoms with Gasteiger partial charge < -0.3 is 9.84 Å². The maximum Gasteiger partial charge on any atom is 0.354 e. The number of carbonyl (C=O) groups is 2. The van der Waals surface area contributed by atoms with E-state index in [0.717, 1.165) is 10.6 Å². The molecule has 1 amide bonds. The maximum absolute atomic E-state index is 12.9. The molecule has 1 N–H and O–H groups in total. The van der Waals surface area contributed by atoms with E-state index in [2.05, 4.69) is 5.10 Å². The molecular weight excluding hydrogens is 320 g/mol. The van der Waals surface area contributed by atoms with E-state index in [0.29, 0.717) is 11.1 Å². The monoisotopic (exact) mass is 338 g/mol. The molecule has 3 rings (SSSR count). The molecule has 0 spiro atoms. The van der Waals surface area contributed by atoms with Crippen LogP contribution in [0.5, 0.6) is 0 Å². The first-order chi connectivity index (χ1) is 12.0. The van der Waals surface area contributed by atoms with Crippen LogP contribution in [0.4, 0.5) is 0 Å². The molecule has 0 saturated heterocycles. The highest BCUT2D eigenvalue weighted by atomic mass is 16.5. The zero-order valence-corrected chi connectivity index (χ0v) is 14.0. The highest BCUT2D eigenvalue weighted by Crippen LogP contribution is 2.36. The smallest absolute Gasteiger partial charge is 0.354 e. The average Bonchev–Trinajstić information content (AvgIpc) is 3.00. The van der Waals surface area contributed by atoms with E-state index in [9.17, 15) is 14.7 Å². The van der Waals surface area contributed by atoms with E-state index < -0.39 is 17.6 Å². The Hall–Kier alpha value is -2.99. The van der Waals surface area contributed by atoms with Crippen LogP contribution in [-0.4, -0.2) is 34.8 Å². The third-order valence-corrected chi connectivity index (χ3v) is 4.13. The molecule has 1 aliphatic heterocycles. The standard InChI is InChI=1S/C19H18N2O4/c1-13-8-10-15(11-9-13)19(24)12-16(18(23)25-2)20-21(19)17(22)14-6-4-3-5-7-14/h3-11,24H,12H2,1-2H3/t19-/m0/s1. The number of hydrogen-bond acceptors (Lipinski definition) is 5. The number of esters is 1. The SMILES string of the molecule is COC(=O)C1=NN(C(=O)c2ccccc2)[C@@](O)(c2ccc(C)cc2)C1. The van der Waals surface area contributed by atoms with Gasteiger partial charge in [-0.2, -0.15) is 10.1 Å². The van der Waals surface area contributed by atoms with Crippen LogP contribution in [0.2, 0.25) is 0 Å². The van der Waals surface area contributed by atoms with Crippen molar-refractivity contribution in [3.05, 3.63) is 71.3 Å². The number of hydrogen-bond donors (Lipinski definition) is 1. The minimum atomic E-state index is -1.75. The van der Waals surface area contributed by atoms with Crippen LogP contribution in [0.25, 0.3) is 0 Å². The third kappa shape index (κ3) is 3.04. The van der Waals surface area contributed by atoms with Crippen molar-refractivity contribution in [3.8, 4) is 0 Å². The number of aryl methyl sites for hydroxylation is 1. The van der Waals surface area contributed by atoms with Gasteiger partial charge in [0.2, 0.25) is 0 Å². The summed E-state index contributed by atoms with van der Waals surface area (Å²) in [4.78, 5) is 24.8. The number of ether oxygens (including phenoxy) is 1. The molecular formula is C19H18N2O4. The van der Waals surface area contributed by atoms with Crippen LogP contribution in [-0.2, 0) is 15.3 Å². The number of rotatable bonds is 3. The first kappa shape index (κ1) is 16.9. The Morgan fingerprint density at radius 1 is 1.12 bits per heavy atom. The van der Waals surface area contributed by atoms with Crippen LogP contribution in [0.1, 0.15) is 27.9 Å². The van der Waals surface area contributed by atoms with Gasteiger partial charge in [0, 0.05) is 11.1 Å². The Labute approximate surface area is 145 Å². The van der Waals surface area contributed by atoms with E-state index in [1.165, 1.54) is 7.11 Å². The summed E-state index contributed by atoms with van der Waals surface area (Å²) < 4.78 is 4.70. The Balaban J connectivity index is 2.05. The molecule has 1 aliphatic rings. The Bertz CT molecular complexity index is 830. The van der Waals surface area contributed by atoms with Crippen molar-refractivity contribution in [1.82, 2.24) is 5.01 Å². The summed E-state index contributed by atoms with van der Waals surface area (Å²) in [6.07, 6.45) is -0.138.